The number of nitrogens with zero attached hydrogens (tertiary/aromatic N) is 2. The molecule has 0 radical (unpaired) electrons. The number of imide groups is 2. The van der Waals surface area contributed by atoms with Gasteiger partial charge in [-0.2, -0.15) is 0 Å². The van der Waals surface area contributed by atoms with Crippen LogP contribution in [-0.4, -0.2) is 40.0 Å². The Balaban J connectivity index is 1.66. The van der Waals surface area contributed by atoms with E-state index >= 15 is 0 Å². The first kappa shape index (κ1) is 17.9. The molecule has 0 spiro atoms. The lowest BCUT2D eigenvalue weighted by molar-refractivity contribution is -0.384. The van der Waals surface area contributed by atoms with Gasteiger partial charge in [-0.15, -0.1) is 0 Å². The van der Waals surface area contributed by atoms with E-state index in [-0.39, 0.29) is 23.2 Å². The highest BCUT2D eigenvalue weighted by atomic mass is 16.6. The van der Waals surface area contributed by atoms with E-state index in [0.29, 0.717) is 10.5 Å². The van der Waals surface area contributed by atoms with E-state index in [4.69, 9.17) is 0 Å². The van der Waals surface area contributed by atoms with Gasteiger partial charge in [0, 0.05) is 12.1 Å². The summed E-state index contributed by atoms with van der Waals surface area (Å²) in [5, 5.41) is 12.9. The van der Waals surface area contributed by atoms with E-state index in [1.54, 1.807) is 30.3 Å². The molecule has 2 aromatic carbocycles. The van der Waals surface area contributed by atoms with Crippen molar-refractivity contribution in [2.24, 2.45) is 0 Å². The second-order valence-corrected chi connectivity index (χ2v) is 5.82. The first-order valence-electron chi connectivity index (χ1n) is 7.88. The standard InChI is InChI=1S/C18H13N3O6/c22-15(8-11-4-2-1-3-5-11)19-16(23)10-20-17(24)13-7-6-12(21(26)27)9-14(13)18(20)25/h1-7,9H,8,10H2,(H,19,22,23). The van der Waals surface area contributed by atoms with Crippen LogP contribution >= 0.6 is 0 Å². The molecule has 2 aromatic rings. The van der Waals surface area contributed by atoms with Gasteiger partial charge in [0.1, 0.15) is 6.54 Å². The average molecular weight is 367 g/mol. The van der Waals surface area contributed by atoms with Crippen LogP contribution in [-0.2, 0) is 16.0 Å². The molecule has 0 atom stereocenters. The second kappa shape index (κ2) is 7.16. The topological polar surface area (TPSA) is 127 Å². The van der Waals surface area contributed by atoms with Crippen molar-refractivity contribution in [1.29, 1.82) is 0 Å². The van der Waals surface area contributed by atoms with E-state index in [9.17, 15) is 29.3 Å². The summed E-state index contributed by atoms with van der Waals surface area (Å²) in [4.78, 5) is 59.3. The van der Waals surface area contributed by atoms with Crippen LogP contribution in [0.25, 0.3) is 0 Å². The molecule has 9 nitrogen and oxygen atoms in total. The van der Waals surface area contributed by atoms with Crippen LogP contribution in [0, 0.1) is 10.1 Å². The Labute approximate surface area is 152 Å². The number of hydrogen-bond acceptors (Lipinski definition) is 6. The predicted molar refractivity (Wildman–Crippen MR) is 91.8 cm³/mol. The Bertz CT molecular complexity index is 970. The highest BCUT2D eigenvalue weighted by molar-refractivity contribution is 6.22. The molecule has 1 aliphatic rings. The van der Waals surface area contributed by atoms with Crippen LogP contribution in [0.15, 0.2) is 48.5 Å². The van der Waals surface area contributed by atoms with Gasteiger partial charge in [-0.3, -0.25) is 39.5 Å². The number of carbonyl (C=O) groups excluding carboxylic acids is 4. The minimum Gasteiger partial charge on any atom is -0.295 e. The van der Waals surface area contributed by atoms with Gasteiger partial charge in [-0.25, -0.2) is 0 Å². The smallest absolute Gasteiger partial charge is 0.270 e. The lowest BCUT2D eigenvalue weighted by Crippen LogP contribution is -2.42. The third-order valence-corrected chi connectivity index (χ3v) is 3.95. The maximum atomic E-state index is 12.3. The Morgan fingerprint density at radius 1 is 0.963 bits per heavy atom. The molecular formula is C18H13N3O6. The van der Waals surface area contributed by atoms with E-state index in [0.717, 1.165) is 12.1 Å². The Morgan fingerprint density at radius 2 is 1.63 bits per heavy atom. The Morgan fingerprint density at radius 3 is 2.30 bits per heavy atom. The fraction of sp³-hybridized carbons (Fsp3) is 0.111. The number of fused-ring (bicyclic) bond motifs is 1. The first-order valence-corrected chi connectivity index (χ1v) is 7.88. The number of benzene rings is 2. The summed E-state index contributed by atoms with van der Waals surface area (Å²) < 4.78 is 0. The van der Waals surface area contributed by atoms with Crippen molar-refractivity contribution in [2.45, 2.75) is 6.42 Å². The largest absolute Gasteiger partial charge is 0.295 e. The molecule has 4 amide bonds. The predicted octanol–water partition coefficient (Wildman–Crippen LogP) is 1.08. The average Bonchev–Trinajstić information content (AvgIpc) is 2.87. The van der Waals surface area contributed by atoms with Crippen LogP contribution < -0.4 is 5.32 Å². The molecule has 0 saturated carbocycles. The molecule has 3 rings (SSSR count). The molecule has 0 bridgehead atoms. The Hall–Kier alpha value is -3.88. The number of hydrogen-bond donors (Lipinski definition) is 1. The molecule has 1 heterocycles. The van der Waals surface area contributed by atoms with Crippen molar-refractivity contribution < 1.29 is 24.1 Å². The number of nitrogens with one attached hydrogen (secondary N) is 1. The van der Waals surface area contributed by atoms with Gasteiger partial charge in [0.2, 0.25) is 11.8 Å². The summed E-state index contributed by atoms with van der Waals surface area (Å²) in [7, 11) is 0. The third kappa shape index (κ3) is 3.71. The lowest BCUT2D eigenvalue weighted by atomic mass is 10.1. The van der Waals surface area contributed by atoms with E-state index in [1.165, 1.54) is 6.07 Å². The van der Waals surface area contributed by atoms with E-state index < -0.39 is 35.1 Å². The first-order chi connectivity index (χ1) is 12.9. The molecule has 27 heavy (non-hydrogen) atoms. The number of nitro benzene ring substituents is 1. The van der Waals surface area contributed by atoms with Gasteiger partial charge in [-0.05, 0) is 11.6 Å². The summed E-state index contributed by atoms with van der Waals surface area (Å²) in [5.41, 5.74) is 0.210. The highest BCUT2D eigenvalue weighted by Gasteiger charge is 2.37. The van der Waals surface area contributed by atoms with Gasteiger partial charge in [-0.1, -0.05) is 30.3 Å². The van der Waals surface area contributed by atoms with Crippen molar-refractivity contribution >= 4 is 29.3 Å². The summed E-state index contributed by atoms with van der Waals surface area (Å²) >= 11 is 0. The second-order valence-electron chi connectivity index (χ2n) is 5.82. The van der Waals surface area contributed by atoms with Crippen LogP contribution in [0.2, 0.25) is 0 Å². The number of carbonyl (C=O) groups is 4. The summed E-state index contributed by atoms with van der Waals surface area (Å²) in [6.07, 6.45) is -0.0269. The normalized spacial score (nSPS) is 12.7. The monoisotopic (exact) mass is 367 g/mol. The molecule has 0 fully saturated rings. The van der Waals surface area contributed by atoms with Crippen molar-refractivity contribution in [1.82, 2.24) is 10.2 Å². The van der Waals surface area contributed by atoms with Crippen molar-refractivity contribution in [3.63, 3.8) is 0 Å². The van der Waals surface area contributed by atoms with Gasteiger partial charge < -0.3 is 0 Å². The number of non-ortho nitro benzene ring substituents is 1. The lowest BCUT2D eigenvalue weighted by Gasteiger charge is -2.13. The molecule has 136 valence electrons. The highest BCUT2D eigenvalue weighted by Crippen LogP contribution is 2.26. The Kier molecular flexibility index (Phi) is 4.75. The molecule has 0 saturated heterocycles. The van der Waals surface area contributed by atoms with Crippen LogP contribution in [0.4, 0.5) is 5.69 Å². The van der Waals surface area contributed by atoms with Gasteiger partial charge in [0.15, 0.2) is 0 Å². The molecular weight excluding hydrogens is 354 g/mol. The summed E-state index contributed by atoms with van der Waals surface area (Å²) in [6.45, 7) is -0.652. The van der Waals surface area contributed by atoms with E-state index in [1.807, 2.05) is 0 Å². The van der Waals surface area contributed by atoms with Gasteiger partial charge in [0.05, 0.1) is 22.5 Å². The molecule has 9 heteroatoms. The zero-order chi connectivity index (χ0) is 19.6. The molecule has 0 unspecified atom stereocenters. The minimum absolute atomic E-state index is 0.0194. The van der Waals surface area contributed by atoms with Crippen LogP contribution in [0.5, 0.6) is 0 Å². The third-order valence-electron chi connectivity index (χ3n) is 3.95. The molecule has 1 N–H and O–H groups in total. The number of nitro groups is 1. The summed E-state index contributed by atoms with van der Waals surface area (Å²) in [6, 6.07) is 12.0. The quantitative estimate of drug-likeness (QED) is 0.479. The zero-order valence-electron chi connectivity index (χ0n) is 13.9. The summed E-state index contributed by atoms with van der Waals surface area (Å²) in [5.74, 6) is -2.95. The number of amides is 4. The maximum Gasteiger partial charge on any atom is 0.270 e. The van der Waals surface area contributed by atoms with E-state index in [2.05, 4.69) is 5.32 Å². The van der Waals surface area contributed by atoms with Crippen molar-refractivity contribution in [3.8, 4) is 0 Å². The molecule has 0 aromatic heterocycles. The minimum atomic E-state index is -0.820. The van der Waals surface area contributed by atoms with Crippen molar-refractivity contribution in [2.75, 3.05) is 6.54 Å². The van der Waals surface area contributed by atoms with Crippen molar-refractivity contribution in [3.05, 3.63) is 75.3 Å². The maximum absolute atomic E-state index is 12.3. The van der Waals surface area contributed by atoms with Crippen LogP contribution in [0.1, 0.15) is 26.3 Å². The fourth-order valence-corrected chi connectivity index (χ4v) is 2.70. The fourth-order valence-electron chi connectivity index (χ4n) is 2.70. The SMILES string of the molecule is O=C(Cc1ccccc1)NC(=O)CN1C(=O)c2ccc([N+](=O)[O-])cc2C1=O. The number of rotatable bonds is 5. The van der Waals surface area contributed by atoms with Crippen LogP contribution in [0.3, 0.4) is 0 Å². The molecule has 0 aliphatic carbocycles. The van der Waals surface area contributed by atoms with Gasteiger partial charge >= 0.3 is 0 Å². The molecule has 1 aliphatic heterocycles. The zero-order valence-corrected chi connectivity index (χ0v) is 13.9. The van der Waals surface area contributed by atoms with Gasteiger partial charge in [0.25, 0.3) is 17.5 Å².